The first-order valence-electron chi connectivity index (χ1n) is 9.42. The van der Waals surface area contributed by atoms with Gasteiger partial charge in [-0.05, 0) is 31.5 Å². The van der Waals surface area contributed by atoms with Gasteiger partial charge in [0.1, 0.15) is 17.8 Å². The summed E-state index contributed by atoms with van der Waals surface area (Å²) in [7, 11) is 0. The van der Waals surface area contributed by atoms with Gasteiger partial charge in [0.2, 0.25) is 0 Å². The molecule has 2 heterocycles. The minimum Gasteiger partial charge on any atom is -0.379 e. The van der Waals surface area contributed by atoms with Crippen LogP contribution in [-0.2, 0) is 4.74 Å². The van der Waals surface area contributed by atoms with Gasteiger partial charge in [-0.25, -0.2) is 9.97 Å². The number of benzene rings is 1. The number of amides is 1. The van der Waals surface area contributed by atoms with E-state index in [-0.39, 0.29) is 5.91 Å². The van der Waals surface area contributed by atoms with E-state index >= 15 is 0 Å². The average molecular weight is 369 g/mol. The van der Waals surface area contributed by atoms with Crippen molar-refractivity contribution in [3.05, 3.63) is 47.9 Å². The monoisotopic (exact) mass is 369 g/mol. The molecule has 1 N–H and O–H groups in total. The summed E-state index contributed by atoms with van der Waals surface area (Å²) in [6.07, 6.45) is 1.44. The van der Waals surface area contributed by atoms with Gasteiger partial charge in [-0.1, -0.05) is 12.1 Å². The fraction of sp³-hybridized carbons (Fsp3) is 0.450. The number of nitrogens with one attached hydrogen (secondary N) is 1. The Balaban J connectivity index is 1.63. The van der Waals surface area contributed by atoms with Crippen molar-refractivity contribution in [2.45, 2.75) is 13.8 Å². The van der Waals surface area contributed by atoms with Crippen molar-refractivity contribution in [2.75, 3.05) is 56.2 Å². The van der Waals surface area contributed by atoms with Crippen LogP contribution in [-0.4, -0.2) is 66.7 Å². The molecule has 1 aromatic carbocycles. The minimum absolute atomic E-state index is 0.123. The fourth-order valence-corrected chi connectivity index (χ4v) is 3.12. The Morgan fingerprint density at radius 2 is 2.07 bits per heavy atom. The third kappa shape index (κ3) is 5.24. The van der Waals surface area contributed by atoms with Crippen LogP contribution >= 0.6 is 0 Å². The maximum absolute atomic E-state index is 12.9. The van der Waals surface area contributed by atoms with Crippen LogP contribution in [0.4, 0.5) is 11.5 Å². The molecule has 1 amide bonds. The summed E-state index contributed by atoms with van der Waals surface area (Å²) in [5, 5.41) is 3.29. The van der Waals surface area contributed by atoms with Crippen LogP contribution < -0.4 is 10.2 Å². The normalized spacial score (nSPS) is 14.7. The fourth-order valence-electron chi connectivity index (χ4n) is 3.12. The van der Waals surface area contributed by atoms with E-state index in [9.17, 15) is 4.79 Å². The lowest BCUT2D eigenvalue weighted by atomic mass is 10.2. The molecule has 1 aliphatic heterocycles. The maximum atomic E-state index is 12.9. The van der Waals surface area contributed by atoms with Crippen molar-refractivity contribution < 1.29 is 9.53 Å². The average Bonchev–Trinajstić information content (AvgIpc) is 2.70. The van der Waals surface area contributed by atoms with Gasteiger partial charge in [0.05, 0.1) is 13.2 Å². The van der Waals surface area contributed by atoms with Crippen molar-refractivity contribution in [2.24, 2.45) is 0 Å². The van der Waals surface area contributed by atoms with Gasteiger partial charge in [-0.2, -0.15) is 0 Å². The molecule has 1 aromatic heterocycles. The van der Waals surface area contributed by atoms with E-state index in [1.807, 2.05) is 38.1 Å². The van der Waals surface area contributed by atoms with E-state index in [1.54, 1.807) is 11.0 Å². The van der Waals surface area contributed by atoms with Crippen LogP contribution in [0.3, 0.4) is 0 Å². The Morgan fingerprint density at radius 3 is 2.81 bits per heavy atom. The summed E-state index contributed by atoms with van der Waals surface area (Å²) in [5.74, 6) is 0.545. The molecule has 0 unspecified atom stereocenters. The summed E-state index contributed by atoms with van der Waals surface area (Å²) < 4.78 is 5.36. The van der Waals surface area contributed by atoms with Crippen LogP contribution in [0.5, 0.6) is 0 Å². The molecular formula is C20H27N5O2. The molecule has 7 heteroatoms. The van der Waals surface area contributed by atoms with Crippen molar-refractivity contribution in [3.8, 4) is 0 Å². The molecule has 0 spiro atoms. The van der Waals surface area contributed by atoms with Crippen molar-refractivity contribution in [1.82, 2.24) is 14.9 Å². The number of rotatable bonds is 7. The van der Waals surface area contributed by atoms with Crippen molar-refractivity contribution in [1.29, 1.82) is 0 Å². The summed E-state index contributed by atoms with van der Waals surface area (Å²) >= 11 is 0. The predicted molar refractivity (Wildman–Crippen MR) is 106 cm³/mol. The molecule has 0 aliphatic carbocycles. The van der Waals surface area contributed by atoms with E-state index < -0.39 is 0 Å². The van der Waals surface area contributed by atoms with Gasteiger partial charge in [0, 0.05) is 44.5 Å². The van der Waals surface area contributed by atoms with Gasteiger partial charge in [0.25, 0.3) is 5.91 Å². The molecule has 1 aliphatic rings. The number of carbonyl (C=O) groups excluding carboxylic acids is 1. The molecule has 1 fully saturated rings. The molecular weight excluding hydrogens is 342 g/mol. The van der Waals surface area contributed by atoms with Crippen LogP contribution in [0.15, 0.2) is 36.7 Å². The summed E-state index contributed by atoms with van der Waals surface area (Å²) in [6, 6.07) is 9.64. The zero-order valence-corrected chi connectivity index (χ0v) is 16.0. The Morgan fingerprint density at radius 1 is 1.26 bits per heavy atom. The van der Waals surface area contributed by atoms with Gasteiger partial charge in [-0.3, -0.25) is 9.69 Å². The largest absolute Gasteiger partial charge is 0.379 e. The molecule has 0 radical (unpaired) electrons. The van der Waals surface area contributed by atoms with Crippen molar-refractivity contribution in [3.63, 3.8) is 0 Å². The third-order valence-corrected chi connectivity index (χ3v) is 4.60. The summed E-state index contributed by atoms with van der Waals surface area (Å²) in [5.41, 5.74) is 2.39. The highest BCUT2D eigenvalue weighted by molar-refractivity contribution is 6.05. The van der Waals surface area contributed by atoms with E-state index in [0.717, 1.165) is 50.6 Å². The predicted octanol–water partition coefficient (Wildman–Crippen LogP) is 2.20. The second-order valence-electron chi connectivity index (χ2n) is 6.56. The van der Waals surface area contributed by atoms with Crippen molar-refractivity contribution >= 4 is 17.4 Å². The molecule has 0 atom stereocenters. The molecule has 0 bridgehead atoms. The van der Waals surface area contributed by atoms with Crippen LogP contribution in [0, 0.1) is 6.92 Å². The third-order valence-electron chi connectivity index (χ3n) is 4.60. The van der Waals surface area contributed by atoms with Gasteiger partial charge in [-0.15, -0.1) is 0 Å². The lowest BCUT2D eigenvalue weighted by Crippen LogP contribution is -2.39. The first kappa shape index (κ1) is 19.3. The highest BCUT2D eigenvalue weighted by Crippen LogP contribution is 2.18. The first-order valence-corrected chi connectivity index (χ1v) is 9.42. The number of carbonyl (C=O) groups is 1. The van der Waals surface area contributed by atoms with Gasteiger partial charge >= 0.3 is 0 Å². The molecule has 0 saturated carbocycles. The van der Waals surface area contributed by atoms with Crippen LogP contribution in [0.1, 0.15) is 23.0 Å². The van der Waals surface area contributed by atoms with E-state index in [2.05, 4.69) is 20.2 Å². The van der Waals surface area contributed by atoms with E-state index in [4.69, 9.17) is 4.74 Å². The molecule has 144 valence electrons. The first-order chi connectivity index (χ1) is 13.2. The van der Waals surface area contributed by atoms with Gasteiger partial charge in [0.15, 0.2) is 0 Å². The summed E-state index contributed by atoms with van der Waals surface area (Å²) in [4.78, 5) is 25.4. The quantitative estimate of drug-likeness (QED) is 0.807. The Kier molecular flexibility index (Phi) is 6.73. The standard InChI is InChI=1S/C20H27N5O2/c1-3-25(17-6-4-5-16(2)13-17)20(26)18-14-19(23-15-22-18)21-7-8-24-9-11-27-12-10-24/h4-6,13-15H,3,7-12H2,1-2H3,(H,21,22,23). The SMILES string of the molecule is CCN(C(=O)c1cc(NCCN2CCOCC2)ncn1)c1cccc(C)c1. The Labute approximate surface area is 160 Å². The highest BCUT2D eigenvalue weighted by atomic mass is 16.5. The van der Waals surface area contributed by atoms with Crippen LogP contribution in [0.25, 0.3) is 0 Å². The number of aromatic nitrogens is 2. The second-order valence-corrected chi connectivity index (χ2v) is 6.56. The number of hydrogen-bond donors (Lipinski definition) is 1. The number of ether oxygens (including phenoxy) is 1. The van der Waals surface area contributed by atoms with Gasteiger partial charge < -0.3 is 15.0 Å². The van der Waals surface area contributed by atoms with E-state index in [1.165, 1.54) is 6.33 Å². The smallest absolute Gasteiger partial charge is 0.277 e. The lowest BCUT2D eigenvalue weighted by molar-refractivity contribution is 0.0398. The topological polar surface area (TPSA) is 70.6 Å². The second kappa shape index (κ2) is 9.43. The van der Waals surface area contributed by atoms with Crippen LogP contribution in [0.2, 0.25) is 0 Å². The highest BCUT2D eigenvalue weighted by Gasteiger charge is 2.18. The van der Waals surface area contributed by atoms with E-state index in [0.29, 0.717) is 18.1 Å². The molecule has 7 nitrogen and oxygen atoms in total. The molecule has 3 rings (SSSR count). The zero-order chi connectivity index (χ0) is 19.1. The molecule has 27 heavy (non-hydrogen) atoms. The number of morpholine rings is 1. The minimum atomic E-state index is -0.123. The maximum Gasteiger partial charge on any atom is 0.277 e. The Hall–Kier alpha value is -2.51. The summed E-state index contributed by atoms with van der Waals surface area (Å²) in [6.45, 7) is 9.73. The molecule has 1 saturated heterocycles. The molecule has 2 aromatic rings. The zero-order valence-electron chi connectivity index (χ0n) is 16.0. The Bertz CT molecular complexity index is 762. The number of anilines is 2. The number of aryl methyl sites for hydroxylation is 1. The number of nitrogens with zero attached hydrogens (tertiary/aromatic N) is 4. The number of hydrogen-bond acceptors (Lipinski definition) is 6. The lowest BCUT2D eigenvalue weighted by Gasteiger charge is -2.26.